The lowest BCUT2D eigenvalue weighted by atomic mass is 10.1. The summed E-state index contributed by atoms with van der Waals surface area (Å²) in [6.45, 7) is 5.82. The van der Waals surface area contributed by atoms with Gasteiger partial charge in [0.15, 0.2) is 0 Å². The van der Waals surface area contributed by atoms with Gasteiger partial charge in [0.25, 0.3) is 0 Å². The predicted octanol–water partition coefficient (Wildman–Crippen LogP) is 3.05. The van der Waals surface area contributed by atoms with E-state index in [-0.39, 0.29) is 11.6 Å². The highest BCUT2D eigenvalue weighted by atomic mass is 35.5. The minimum atomic E-state index is -1.67. The number of nitro benzene ring substituents is 1. The van der Waals surface area contributed by atoms with Gasteiger partial charge in [-0.3, -0.25) is 10.1 Å². The third kappa shape index (κ3) is 4.49. The highest BCUT2D eigenvalue weighted by Gasteiger charge is 2.35. The zero-order valence-electron chi connectivity index (χ0n) is 12.3. The van der Waals surface area contributed by atoms with Crippen LogP contribution in [0.5, 0.6) is 0 Å². The molecule has 0 unspecified atom stereocenters. The summed E-state index contributed by atoms with van der Waals surface area (Å²) in [5.74, 6) is -3.17. The summed E-state index contributed by atoms with van der Waals surface area (Å²) < 4.78 is 23.1. The molecule has 1 aromatic rings. The number of esters is 2. The Hall–Kier alpha value is -2.48. The Bertz CT molecular complexity index is 673. The molecule has 0 amide bonds. The first-order valence-electron chi connectivity index (χ1n) is 6.25. The lowest BCUT2D eigenvalue weighted by Crippen LogP contribution is -2.39. The summed E-state index contributed by atoms with van der Waals surface area (Å²) in [6, 6.07) is 1.27. The lowest BCUT2D eigenvalue weighted by molar-refractivity contribution is -0.387. The van der Waals surface area contributed by atoms with Gasteiger partial charge in [-0.05, 0) is 13.8 Å². The summed E-state index contributed by atoms with van der Waals surface area (Å²) in [5.41, 5.74) is -3.05. The van der Waals surface area contributed by atoms with Gasteiger partial charge >= 0.3 is 17.6 Å². The van der Waals surface area contributed by atoms with Gasteiger partial charge < -0.3 is 9.47 Å². The maximum absolute atomic E-state index is 13.4. The van der Waals surface area contributed by atoms with Crippen molar-refractivity contribution in [1.82, 2.24) is 0 Å². The first kappa shape index (κ1) is 18.6. The fourth-order valence-corrected chi connectivity index (χ4v) is 1.70. The third-order valence-electron chi connectivity index (χ3n) is 2.62. The number of rotatable bonds is 6. The van der Waals surface area contributed by atoms with Gasteiger partial charge in [0.1, 0.15) is 6.61 Å². The zero-order valence-corrected chi connectivity index (χ0v) is 13.1. The monoisotopic (exact) mass is 345 g/mol. The summed E-state index contributed by atoms with van der Waals surface area (Å²) in [5, 5.41) is 10.3. The van der Waals surface area contributed by atoms with E-state index >= 15 is 0 Å². The van der Waals surface area contributed by atoms with Gasteiger partial charge in [0, 0.05) is 12.1 Å². The molecule has 0 aliphatic heterocycles. The standard InChI is InChI=1S/C14H13ClFNO6/c1-4-5-22-13(19)14(2,3)23-12(18)8-6-11(17(20)21)10(16)7-9(8)15/h4,6-7H,1,5H2,2-3H3. The van der Waals surface area contributed by atoms with Gasteiger partial charge in [-0.25, -0.2) is 9.59 Å². The second kappa shape index (κ2) is 7.19. The molecule has 0 atom stereocenters. The molecule has 0 saturated carbocycles. The van der Waals surface area contributed by atoms with E-state index in [1.807, 2.05) is 0 Å². The van der Waals surface area contributed by atoms with E-state index in [4.69, 9.17) is 21.1 Å². The van der Waals surface area contributed by atoms with Crippen molar-refractivity contribution >= 4 is 29.2 Å². The van der Waals surface area contributed by atoms with E-state index in [0.717, 1.165) is 0 Å². The molecule has 124 valence electrons. The first-order chi connectivity index (χ1) is 10.6. The molecule has 0 aliphatic rings. The van der Waals surface area contributed by atoms with Crippen LogP contribution in [0.15, 0.2) is 24.8 Å². The van der Waals surface area contributed by atoms with Gasteiger partial charge in [0.2, 0.25) is 11.4 Å². The Morgan fingerprint density at radius 1 is 1.48 bits per heavy atom. The lowest BCUT2D eigenvalue weighted by Gasteiger charge is -2.22. The van der Waals surface area contributed by atoms with Crippen LogP contribution in [-0.4, -0.2) is 29.1 Å². The smallest absolute Gasteiger partial charge is 0.350 e. The van der Waals surface area contributed by atoms with Crippen LogP contribution < -0.4 is 0 Å². The predicted molar refractivity (Wildman–Crippen MR) is 78.7 cm³/mol. The molecule has 1 rings (SSSR count). The molecule has 23 heavy (non-hydrogen) atoms. The van der Waals surface area contributed by atoms with Gasteiger partial charge in [0.05, 0.1) is 15.5 Å². The minimum Gasteiger partial charge on any atom is -0.459 e. The van der Waals surface area contributed by atoms with Crippen molar-refractivity contribution in [2.45, 2.75) is 19.4 Å². The zero-order chi connectivity index (χ0) is 17.8. The van der Waals surface area contributed by atoms with Crippen LogP contribution in [0, 0.1) is 15.9 Å². The summed E-state index contributed by atoms with van der Waals surface area (Å²) >= 11 is 5.70. The average molecular weight is 346 g/mol. The number of ether oxygens (including phenoxy) is 2. The van der Waals surface area contributed by atoms with Crippen molar-refractivity contribution in [2.24, 2.45) is 0 Å². The Labute approximate surface area is 135 Å². The van der Waals surface area contributed by atoms with Crippen molar-refractivity contribution in [3.05, 3.63) is 51.3 Å². The largest absolute Gasteiger partial charge is 0.459 e. The van der Waals surface area contributed by atoms with Crippen LogP contribution in [-0.2, 0) is 14.3 Å². The molecule has 0 fully saturated rings. The molecule has 0 spiro atoms. The van der Waals surface area contributed by atoms with Crippen LogP contribution in [0.1, 0.15) is 24.2 Å². The Balaban J connectivity index is 3.06. The molecule has 0 aliphatic carbocycles. The number of nitrogens with zero attached hydrogens (tertiary/aromatic N) is 1. The quantitative estimate of drug-likeness (QED) is 0.340. The number of halogens is 2. The van der Waals surface area contributed by atoms with Crippen molar-refractivity contribution in [1.29, 1.82) is 0 Å². The number of nitro groups is 1. The highest BCUT2D eigenvalue weighted by Crippen LogP contribution is 2.27. The van der Waals surface area contributed by atoms with Crippen molar-refractivity contribution < 1.29 is 28.4 Å². The van der Waals surface area contributed by atoms with E-state index in [0.29, 0.717) is 12.1 Å². The fraction of sp³-hybridized carbons (Fsp3) is 0.286. The molecule has 7 nitrogen and oxygen atoms in total. The van der Waals surface area contributed by atoms with E-state index in [9.17, 15) is 24.1 Å². The number of carbonyl (C=O) groups is 2. The number of hydrogen-bond donors (Lipinski definition) is 0. The Morgan fingerprint density at radius 2 is 2.09 bits per heavy atom. The van der Waals surface area contributed by atoms with E-state index in [1.54, 1.807) is 0 Å². The molecule has 0 radical (unpaired) electrons. The second-order valence-corrected chi connectivity index (χ2v) is 5.23. The Morgan fingerprint density at radius 3 is 2.61 bits per heavy atom. The molecular weight excluding hydrogens is 333 g/mol. The third-order valence-corrected chi connectivity index (χ3v) is 2.94. The summed E-state index contributed by atoms with van der Waals surface area (Å²) in [6.07, 6.45) is 1.33. The Kier molecular flexibility index (Phi) is 5.80. The second-order valence-electron chi connectivity index (χ2n) is 4.83. The van der Waals surface area contributed by atoms with Crippen molar-refractivity contribution in [3.63, 3.8) is 0 Å². The summed E-state index contributed by atoms with van der Waals surface area (Å²) in [4.78, 5) is 33.5. The first-order valence-corrected chi connectivity index (χ1v) is 6.63. The number of hydrogen-bond acceptors (Lipinski definition) is 6. The highest BCUT2D eigenvalue weighted by molar-refractivity contribution is 6.33. The maximum Gasteiger partial charge on any atom is 0.350 e. The van der Waals surface area contributed by atoms with Gasteiger partial charge in [-0.15, -0.1) is 0 Å². The molecule has 0 heterocycles. The van der Waals surface area contributed by atoms with Crippen LogP contribution >= 0.6 is 11.6 Å². The van der Waals surface area contributed by atoms with E-state index in [1.165, 1.54) is 19.9 Å². The molecule has 0 aromatic heterocycles. The van der Waals surface area contributed by atoms with E-state index < -0.39 is 39.5 Å². The van der Waals surface area contributed by atoms with Crippen molar-refractivity contribution in [3.8, 4) is 0 Å². The molecule has 9 heteroatoms. The van der Waals surface area contributed by atoms with Gasteiger partial charge in [-0.2, -0.15) is 4.39 Å². The van der Waals surface area contributed by atoms with Crippen LogP contribution in [0.2, 0.25) is 5.02 Å². The van der Waals surface area contributed by atoms with E-state index in [2.05, 4.69) is 6.58 Å². The molecule has 0 bridgehead atoms. The minimum absolute atomic E-state index is 0.0808. The van der Waals surface area contributed by atoms with Crippen LogP contribution in [0.4, 0.5) is 10.1 Å². The molecular formula is C14H13ClFNO6. The number of carbonyl (C=O) groups excluding carboxylic acids is 2. The van der Waals surface area contributed by atoms with Crippen LogP contribution in [0.3, 0.4) is 0 Å². The topological polar surface area (TPSA) is 95.7 Å². The van der Waals surface area contributed by atoms with Crippen molar-refractivity contribution in [2.75, 3.05) is 6.61 Å². The van der Waals surface area contributed by atoms with Crippen LogP contribution in [0.25, 0.3) is 0 Å². The summed E-state index contributed by atoms with van der Waals surface area (Å²) in [7, 11) is 0. The number of benzene rings is 1. The maximum atomic E-state index is 13.4. The van der Waals surface area contributed by atoms with Gasteiger partial charge in [-0.1, -0.05) is 24.3 Å². The molecule has 1 aromatic carbocycles. The molecule has 0 saturated heterocycles. The molecule has 0 N–H and O–H groups in total. The normalized spacial score (nSPS) is 10.8. The fourth-order valence-electron chi connectivity index (χ4n) is 1.47. The average Bonchev–Trinajstić information content (AvgIpc) is 2.43. The SMILES string of the molecule is C=CCOC(=O)C(C)(C)OC(=O)c1cc([N+](=O)[O-])c(F)cc1Cl.